The predicted molar refractivity (Wildman–Crippen MR) is 130 cm³/mol. The Morgan fingerprint density at radius 2 is 1.76 bits per heavy atom. The van der Waals surface area contributed by atoms with Crippen LogP contribution < -0.4 is 5.32 Å². The van der Waals surface area contributed by atoms with Gasteiger partial charge >= 0.3 is 0 Å². The number of amides is 1. The van der Waals surface area contributed by atoms with E-state index in [1.54, 1.807) is 16.4 Å². The van der Waals surface area contributed by atoms with Gasteiger partial charge in [0.15, 0.2) is 0 Å². The molecule has 0 aromatic heterocycles. The highest BCUT2D eigenvalue weighted by molar-refractivity contribution is 7.89. The number of hydrogen-bond donors (Lipinski definition) is 1. The number of rotatable bonds is 10. The third-order valence-electron chi connectivity index (χ3n) is 5.64. The van der Waals surface area contributed by atoms with Gasteiger partial charge in [-0.1, -0.05) is 29.8 Å². The minimum absolute atomic E-state index is 0.0876. The maximum absolute atomic E-state index is 12.9. The summed E-state index contributed by atoms with van der Waals surface area (Å²) < 4.78 is 32.8. The summed E-state index contributed by atoms with van der Waals surface area (Å²) in [6.45, 7) is 10.0. The lowest BCUT2D eigenvalue weighted by molar-refractivity contribution is 0.0757. The molecule has 3 rings (SSSR count). The number of piperazine rings is 1. The van der Waals surface area contributed by atoms with E-state index in [-0.39, 0.29) is 12.0 Å². The summed E-state index contributed by atoms with van der Waals surface area (Å²) >= 11 is 0. The summed E-state index contributed by atoms with van der Waals surface area (Å²) in [5.41, 5.74) is 2.72. The average molecular weight is 474 g/mol. The molecule has 0 aliphatic carbocycles. The van der Waals surface area contributed by atoms with Gasteiger partial charge in [0.2, 0.25) is 10.0 Å². The molecule has 2 aromatic carbocycles. The molecule has 2 aromatic rings. The number of nitrogens with zero attached hydrogens (tertiary/aromatic N) is 2. The highest BCUT2D eigenvalue weighted by Gasteiger charge is 2.28. The molecular formula is C25H35N3O4S. The third kappa shape index (κ3) is 7.37. The Balaban J connectivity index is 1.49. The van der Waals surface area contributed by atoms with Crippen LogP contribution in [-0.2, 0) is 21.3 Å². The van der Waals surface area contributed by atoms with Crippen LogP contribution in [0.2, 0.25) is 0 Å². The van der Waals surface area contributed by atoms with Crippen LogP contribution in [0.3, 0.4) is 0 Å². The summed E-state index contributed by atoms with van der Waals surface area (Å²) in [5.74, 6) is -0.0876. The number of ether oxygens (including phenoxy) is 1. The highest BCUT2D eigenvalue weighted by Crippen LogP contribution is 2.19. The summed E-state index contributed by atoms with van der Waals surface area (Å²) in [7, 11) is -3.47. The van der Waals surface area contributed by atoms with Gasteiger partial charge in [-0.15, -0.1) is 0 Å². The maximum atomic E-state index is 12.9. The number of carbonyl (C=O) groups is 1. The molecule has 1 N–H and O–H groups in total. The Labute approximate surface area is 197 Å². The molecule has 0 bridgehead atoms. The largest absolute Gasteiger partial charge is 0.379 e. The van der Waals surface area contributed by atoms with Crippen molar-refractivity contribution in [3.05, 3.63) is 65.2 Å². The average Bonchev–Trinajstić information content (AvgIpc) is 2.79. The molecule has 0 radical (unpaired) electrons. The first-order chi connectivity index (χ1) is 15.8. The number of carbonyl (C=O) groups excluding carboxylic acids is 1. The molecule has 8 heteroatoms. The molecule has 0 atom stereocenters. The monoisotopic (exact) mass is 473 g/mol. The van der Waals surface area contributed by atoms with Crippen LogP contribution in [0.15, 0.2) is 53.4 Å². The van der Waals surface area contributed by atoms with E-state index in [1.165, 1.54) is 0 Å². The van der Waals surface area contributed by atoms with Crippen LogP contribution in [0, 0.1) is 6.92 Å². The second-order valence-corrected chi connectivity index (χ2v) is 10.7. The zero-order chi connectivity index (χ0) is 23.8. The molecule has 1 amide bonds. The summed E-state index contributed by atoms with van der Waals surface area (Å²) in [6, 6.07) is 14.6. The standard InChI is InChI=1S/C25H35N3O4S/c1-20(2)32-17-5-12-26-25(29)23-7-4-6-22(18-23)19-27-13-15-28(16-14-27)33(30,31)24-10-8-21(3)9-11-24/h4,6-11,18,20H,5,12-17,19H2,1-3H3,(H,26,29). The molecule has 1 heterocycles. The molecule has 0 saturated carbocycles. The van der Waals surface area contributed by atoms with Crippen molar-refractivity contribution in [3.63, 3.8) is 0 Å². The molecule has 0 unspecified atom stereocenters. The van der Waals surface area contributed by atoms with Crippen molar-refractivity contribution >= 4 is 15.9 Å². The molecule has 1 saturated heterocycles. The topological polar surface area (TPSA) is 79.0 Å². The van der Waals surface area contributed by atoms with Gasteiger partial charge in [0, 0.05) is 51.4 Å². The van der Waals surface area contributed by atoms with Gasteiger partial charge < -0.3 is 10.1 Å². The molecule has 1 aliphatic rings. The highest BCUT2D eigenvalue weighted by atomic mass is 32.2. The normalized spacial score (nSPS) is 15.6. The van der Waals surface area contributed by atoms with E-state index in [0.717, 1.165) is 17.5 Å². The smallest absolute Gasteiger partial charge is 0.251 e. The molecule has 180 valence electrons. The van der Waals surface area contributed by atoms with E-state index in [9.17, 15) is 13.2 Å². The van der Waals surface area contributed by atoms with Gasteiger partial charge in [-0.3, -0.25) is 9.69 Å². The van der Waals surface area contributed by atoms with E-state index >= 15 is 0 Å². The quantitative estimate of drug-likeness (QED) is 0.537. The lowest BCUT2D eigenvalue weighted by Crippen LogP contribution is -2.48. The van der Waals surface area contributed by atoms with Crippen LogP contribution >= 0.6 is 0 Å². The minimum atomic E-state index is -3.47. The number of benzene rings is 2. The molecule has 1 fully saturated rings. The van der Waals surface area contributed by atoms with E-state index in [0.29, 0.717) is 56.3 Å². The Morgan fingerprint density at radius 3 is 2.42 bits per heavy atom. The van der Waals surface area contributed by atoms with Gasteiger partial charge in [0.25, 0.3) is 5.91 Å². The summed E-state index contributed by atoms with van der Waals surface area (Å²) in [6.07, 6.45) is 0.973. The Bertz CT molecular complexity index is 1010. The fraction of sp³-hybridized carbons (Fsp3) is 0.480. The third-order valence-corrected chi connectivity index (χ3v) is 7.56. The Morgan fingerprint density at radius 1 is 1.06 bits per heavy atom. The number of hydrogen-bond acceptors (Lipinski definition) is 5. The van der Waals surface area contributed by atoms with Crippen molar-refractivity contribution < 1.29 is 17.9 Å². The van der Waals surface area contributed by atoms with Crippen LogP contribution in [-0.4, -0.2) is 69.0 Å². The number of aryl methyl sites for hydroxylation is 1. The van der Waals surface area contributed by atoms with Crippen molar-refractivity contribution in [1.82, 2.24) is 14.5 Å². The Kier molecular flexibility index (Phi) is 9.02. The maximum Gasteiger partial charge on any atom is 0.251 e. The fourth-order valence-corrected chi connectivity index (χ4v) is 5.17. The molecule has 7 nitrogen and oxygen atoms in total. The fourth-order valence-electron chi connectivity index (χ4n) is 3.75. The number of sulfonamides is 1. The predicted octanol–water partition coefficient (Wildman–Crippen LogP) is 3.05. The zero-order valence-electron chi connectivity index (χ0n) is 19.8. The van der Waals surface area contributed by atoms with Crippen molar-refractivity contribution in [1.29, 1.82) is 0 Å². The van der Waals surface area contributed by atoms with Crippen molar-refractivity contribution in [2.75, 3.05) is 39.3 Å². The minimum Gasteiger partial charge on any atom is -0.379 e. The molecule has 0 spiro atoms. The van der Waals surface area contributed by atoms with Crippen LogP contribution in [0.5, 0.6) is 0 Å². The van der Waals surface area contributed by atoms with E-state index < -0.39 is 10.0 Å². The van der Waals surface area contributed by atoms with Gasteiger partial charge in [0.05, 0.1) is 11.0 Å². The lowest BCUT2D eigenvalue weighted by atomic mass is 10.1. The van der Waals surface area contributed by atoms with E-state index in [2.05, 4.69) is 10.2 Å². The van der Waals surface area contributed by atoms with Gasteiger partial charge in [-0.05, 0) is 57.0 Å². The summed E-state index contributed by atoms with van der Waals surface area (Å²) in [5, 5.41) is 2.94. The second kappa shape index (κ2) is 11.7. The lowest BCUT2D eigenvalue weighted by Gasteiger charge is -2.34. The zero-order valence-corrected chi connectivity index (χ0v) is 20.6. The van der Waals surface area contributed by atoms with Gasteiger partial charge in [0.1, 0.15) is 0 Å². The first-order valence-corrected chi connectivity index (χ1v) is 13.0. The van der Waals surface area contributed by atoms with Gasteiger partial charge in [-0.2, -0.15) is 4.31 Å². The molecular weight excluding hydrogens is 438 g/mol. The molecule has 33 heavy (non-hydrogen) atoms. The van der Waals surface area contributed by atoms with Crippen molar-refractivity contribution in [2.24, 2.45) is 0 Å². The van der Waals surface area contributed by atoms with Gasteiger partial charge in [-0.25, -0.2) is 8.42 Å². The SMILES string of the molecule is Cc1ccc(S(=O)(=O)N2CCN(Cc3cccc(C(=O)NCCCOC(C)C)c3)CC2)cc1. The molecule has 1 aliphatic heterocycles. The first kappa shape index (κ1) is 25.4. The van der Waals surface area contributed by atoms with Crippen LogP contribution in [0.25, 0.3) is 0 Å². The van der Waals surface area contributed by atoms with E-state index in [4.69, 9.17) is 4.74 Å². The van der Waals surface area contributed by atoms with Crippen molar-refractivity contribution in [2.45, 2.75) is 44.7 Å². The first-order valence-electron chi connectivity index (χ1n) is 11.5. The van der Waals surface area contributed by atoms with E-state index in [1.807, 2.05) is 57.2 Å². The van der Waals surface area contributed by atoms with Crippen LogP contribution in [0.1, 0.15) is 41.8 Å². The van der Waals surface area contributed by atoms with Crippen LogP contribution in [0.4, 0.5) is 0 Å². The summed E-state index contributed by atoms with van der Waals surface area (Å²) in [4.78, 5) is 15.0. The second-order valence-electron chi connectivity index (χ2n) is 8.72. The van der Waals surface area contributed by atoms with Crippen molar-refractivity contribution in [3.8, 4) is 0 Å². The Hall–Kier alpha value is -2.26. The number of nitrogens with one attached hydrogen (secondary N) is 1.